The van der Waals surface area contributed by atoms with Crippen molar-refractivity contribution in [3.05, 3.63) is 59.2 Å². The zero-order valence-corrected chi connectivity index (χ0v) is 10.8. The molecule has 0 spiro atoms. The first-order valence-corrected chi connectivity index (χ1v) is 7.15. The topological polar surface area (TPSA) is 91.3 Å². The zero-order valence-electron chi connectivity index (χ0n) is 9.99. The van der Waals surface area contributed by atoms with Crippen LogP contribution in [0.1, 0.15) is 26.3 Å². The normalized spacial score (nSPS) is 15.3. The molecule has 0 amide bonds. The molecule has 1 aliphatic rings. The van der Waals surface area contributed by atoms with E-state index in [0.29, 0.717) is 0 Å². The summed E-state index contributed by atoms with van der Waals surface area (Å²) in [6.07, 6.45) is 0. The Bertz CT molecular complexity index is 865. The van der Waals surface area contributed by atoms with Crippen molar-refractivity contribution in [1.29, 1.82) is 0 Å². The number of carboxylic acids is 1. The van der Waals surface area contributed by atoms with E-state index < -0.39 is 21.6 Å². The first-order valence-electron chi connectivity index (χ1n) is 5.67. The van der Waals surface area contributed by atoms with Crippen molar-refractivity contribution in [1.82, 2.24) is 0 Å². The summed E-state index contributed by atoms with van der Waals surface area (Å²) in [5, 5.41) is 10.8. The van der Waals surface area contributed by atoms with Gasteiger partial charge in [-0.1, -0.05) is 18.2 Å². The standard InChI is InChI=1S/C14H8O5S/c15-13-9-3-1-2-4-11(9)20(18,19)12-6-5-8(14(16)17)7-10(12)13/h1-7H,(H,16,17)/p-1. The second-order valence-corrected chi connectivity index (χ2v) is 6.21. The van der Waals surface area contributed by atoms with Gasteiger partial charge in [0.25, 0.3) is 0 Å². The summed E-state index contributed by atoms with van der Waals surface area (Å²) in [5.41, 5.74) is -0.312. The van der Waals surface area contributed by atoms with Crippen LogP contribution in [-0.2, 0) is 9.84 Å². The molecule has 20 heavy (non-hydrogen) atoms. The predicted octanol–water partition coefficient (Wildman–Crippen LogP) is 0.427. The fourth-order valence-corrected chi connectivity index (χ4v) is 3.85. The molecule has 0 radical (unpaired) electrons. The van der Waals surface area contributed by atoms with Gasteiger partial charge in [0, 0.05) is 11.1 Å². The Morgan fingerprint density at radius 1 is 0.950 bits per heavy atom. The number of carbonyl (C=O) groups is 2. The number of hydrogen-bond acceptors (Lipinski definition) is 5. The van der Waals surface area contributed by atoms with Gasteiger partial charge in [0.2, 0.25) is 9.84 Å². The Morgan fingerprint density at radius 2 is 1.60 bits per heavy atom. The molecule has 0 bridgehead atoms. The van der Waals surface area contributed by atoms with Crippen LogP contribution in [0.4, 0.5) is 0 Å². The highest BCUT2D eigenvalue weighted by atomic mass is 32.2. The number of hydrogen-bond donors (Lipinski definition) is 0. The Labute approximate surface area is 114 Å². The molecule has 5 nitrogen and oxygen atoms in total. The molecule has 0 saturated carbocycles. The lowest BCUT2D eigenvalue weighted by molar-refractivity contribution is -0.255. The number of aromatic carboxylic acids is 1. The van der Waals surface area contributed by atoms with Crippen molar-refractivity contribution in [2.24, 2.45) is 0 Å². The molecular formula is C14H7O5S-. The molecule has 1 aliphatic heterocycles. The van der Waals surface area contributed by atoms with E-state index in [1.165, 1.54) is 18.2 Å². The lowest BCUT2D eigenvalue weighted by Gasteiger charge is -2.19. The number of benzene rings is 2. The Balaban J connectivity index is 2.37. The van der Waals surface area contributed by atoms with Crippen LogP contribution < -0.4 is 5.11 Å². The van der Waals surface area contributed by atoms with Crippen molar-refractivity contribution in [3.8, 4) is 0 Å². The van der Waals surface area contributed by atoms with Gasteiger partial charge in [-0.2, -0.15) is 0 Å². The van der Waals surface area contributed by atoms with E-state index in [2.05, 4.69) is 0 Å². The van der Waals surface area contributed by atoms with Gasteiger partial charge in [0.1, 0.15) is 0 Å². The maximum atomic E-state index is 12.4. The summed E-state index contributed by atoms with van der Waals surface area (Å²) in [5.74, 6) is -1.97. The molecule has 2 aromatic rings. The van der Waals surface area contributed by atoms with E-state index in [1.54, 1.807) is 6.07 Å². The number of rotatable bonds is 1. The average Bonchev–Trinajstić information content (AvgIpc) is 2.44. The molecule has 100 valence electrons. The van der Waals surface area contributed by atoms with Crippen LogP contribution >= 0.6 is 0 Å². The number of fused-ring (bicyclic) bond motifs is 2. The first-order chi connectivity index (χ1) is 9.43. The number of ketones is 1. The summed E-state index contributed by atoms with van der Waals surface area (Å²) >= 11 is 0. The van der Waals surface area contributed by atoms with Crippen molar-refractivity contribution in [2.45, 2.75) is 9.79 Å². The van der Waals surface area contributed by atoms with E-state index in [0.717, 1.165) is 18.2 Å². The molecular weight excluding hydrogens is 280 g/mol. The van der Waals surface area contributed by atoms with Crippen LogP contribution in [0.15, 0.2) is 52.3 Å². The maximum Gasteiger partial charge on any atom is 0.208 e. The van der Waals surface area contributed by atoms with Crippen LogP contribution in [0.25, 0.3) is 0 Å². The lowest BCUT2D eigenvalue weighted by atomic mass is 10.0. The van der Waals surface area contributed by atoms with Crippen molar-refractivity contribution in [3.63, 3.8) is 0 Å². The van der Waals surface area contributed by atoms with E-state index >= 15 is 0 Å². The number of sulfone groups is 1. The molecule has 2 aromatic carbocycles. The molecule has 0 aliphatic carbocycles. The minimum Gasteiger partial charge on any atom is -0.545 e. The Hall–Kier alpha value is -2.47. The largest absolute Gasteiger partial charge is 0.545 e. The van der Waals surface area contributed by atoms with Crippen molar-refractivity contribution < 1.29 is 23.1 Å². The van der Waals surface area contributed by atoms with Gasteiger partial charge >= 0.3 is 0 Å². The SMILES string of the molecule is O=C([O-])c1ccc2c(c1)C(=O)c1ccccc1S2(=O)=O. The summed E-state index contributed by atoms with van der Waals surface area (Å²) in [4.78, 5) is 22.9. The molecule has 0 fully saturated rings. The third-order valence-electron chi connectivity index (χ3n) is 3.17. The summed E-state index contributed by atoms with van der Waals surface area (Å²) in [7, 11) is -3.81. The molecule has 0 unspecified atom stereocenters. The third kappa shape index (κ3) is 1.58. The highest BCUT2D eigenvalue weighted by Crippen LogP contribution is 2.34. The highest BCUT2D eigenvalue weighted by Gasteiger charge is 2.34. The molecule has 0 saturated heterocycles. The minimum absolute atomic E-state index is 0.0514. The van der Waals surface area contributed by atoms with Crippen LogP contribution in [0.2, 0.25) is 0 Å². The fraction of sp³-hybridized carbons (Fsp3) is 0. The first kappa shape index (κ1) is 12.6. The van der Waals surface area contributed by atoms with Gasteiger partial charge < -0.3 is 9.90 Å². The van der Waals surface area contributed by atoms with Crippen LogP contribution in [-0.4, -0.2) is 20.2 Å². The van der Waals surface area contributed by atoms with E-state index in [4.69, 9.17) is 0 Å². The van der Waals surface area contributed by atoms with Gasteiger partial charge in [-0.05, 0) is 29.8 Å². The van der Waals surface area contributed by atoms with E-state index in [9.17, 15) is 23.1 Å². The van der Waals surface area contributed by atoms with Gasteiger partial charge in [-0.15, -0.1) is 0 Å². The maximum absolute atomic E-state index is 12.4. The van der Waals surface area contributed by atoms with Crippen molar-refractivity contribution >= 4 is 21.6 Å². The van der Waals surface area contributed by atoms with Gasteiger partial charge in [0.05, 0.1) is 15.8 Å². The molecule has 1 heterocycles. The van der Waals surface area contributed by atoms with E-state index in [-0.39, 0.29) is 26.5 Å². The molecule has 3 rings (SSSR count). The van der Waals surface area contributed by atoms with E-state index in [1.807, 2.05) is 0 Å². The second kappa shape index (κ2) is 4.01. The van der Waals surface area contributed by atoms with Crippen LogP contribution in [0.3, 0.4) is 0 Å². The van der Waals surface area contributed by atoms with Gasteiger partial charge in [-0.3, -0.25) is 4.79 Å². The van der Waals surface area contributed by atoms with Crippen molar-refractivity contribution in [2.75, 3.05) is 0 Å². The summed E-state index contributed by atoms with van der Waals surface area (Å²) in [6, 6.07) is 9.14. The zero-order chi connectivity index (χ0) is 14.5. The monoisotopic (exact) mass is 287 g/mol. The molecule has 0 N–H and O–H groups in total. The smallest absolute Gasteiger partial charge is 0.208 e. The fourth-order valence-electron chi connectivity index (χ4n) is 2.22. The highest BCUT2D eigenvalue weighted by molar-refractivity contribution is 7.91. The van der Waals surface area contributed by atoms with Gasteiger partial charge in [0.15, 0.2) is 5.78 Å². The molecule has 0 atom stereocenters. The molecule has 6 heteroatoms. The Kier molecular flexibility index (Phi) is 2.52. The number of carboxylic acid groups (broad SMARTS) is 1. The molecule has 0 aromatic heterocycles. The van der Waals surface area contributed by atoms with Crippen LogP contribution in [0, 0.1) is 0 Å². The number of carbonyl (C=O) groups excluding carboxylic acids is 2. The average molecular weight is 287 g/mol. The van der Waals surface area contributed by atoms with Gasteiger partial charge in [-0.25, -0.2) is 8.42 Å². The summed E-state index contributed by atoms with van der Waals surface area (Å²) < 4.78 is 24.8. The second-order valence-electron chi connectivity index (χ2n) is 4.33. The Morgan fingerprint density at radius 3 is 2.30 bits per heavy atom. The summed E-state index contributed by atoms with van der Waals surface area (Å²) in [6.45, 7) is 0. The predicted molar refractivity (Wildman–Crippen MR) is 66.1 cm³/mol. The minimum atomic E-state index is -3.81. The van der Waals surface area contributed by atoms with Crippen LogP contribution in [0.5, 0.6) is 0 Å². The quantitative estimate of drug-likeness (QED) is 0.647. The lowest BCUT2D eigenvalue weighted by Crippen LogP contribution is -2.25. The third-order valence-corrected chi connectivity index (χ3v) is 5.04.